The number of rotatable bonds is 11. The van der Waals surface area contributed by atoms with Crippen molar-refractivity contribution in [2.24, 2.45) is 0 Å². The lowest BCUT2D eigenvalue weighted by Crippen LogP contribution is -2.24. The average Bonchev–Trinajstić information content (AvgIpc) is 2.65. The van der Waals surface area contributed by atoms with E-state index in [1.54, 1.807) is 11.8 Å². The minimum atomic E-state index is 0.132. The van der Waals surface area contributed by atoms with Gasteiger partial charge in [0.1, 0.15) is 5.75 Å². The monoisotopic (exact) mass is 405 g/mol. The zero-order chi connectivity index (χ0) is 19.5. The normalized spacial score (nSPS) is 10.8. The second-order valence-corrected chi connectivity index (χ2v) is 8.27. The predicted molar refractivity (Wildman–Crippen MR) is 115 cm³/mol. The third kappa shape index (κ3) is 9.21. The summed E-state index contributed by atoms with van der Waals surface area (Å²) in [6, 6.07) is 16.0. The molecule has 0 heterocycles. The van der Waals surface area contributed by atoms with Gasteiger partial charge in [-0.1, -0.05) is 23.7 Å². The van der Waals surface area contributed by atoms with E-state index in [0.29, 0.717) is 13.0 Å². The summed E-state index contributed by atoms with van der Waals surface area (Å²) in [5.41, 5.74) is 1.26. The summed E-state index contributed by atoms with van der Waals surface area (Å²) in [6.07, 6.45) is 3.53. The lowest BCUT2D eigenvalue weighted by Gasteiger charge is -2.10. The van der Waals surface area contributed by atoms with Crippen LogP contribution in [0.4, 0.5) is 0 Å². The van der Waals surface area contributed by atoms with Crippen LogP contribution in [0.2, 0.25) is 5.02 Å². The average molecular weight is 406 g/mol. The molecule has 27 heavy (non-hydrogen) atoms. The van der Waals surface area contributed by atoms with Gasteiger partial charge in [0, 0.05) is 22.9 Å². The molecule has 0 atom stereocenters. The molecule has 1 amide bonds. The molecular formula is C22H28ClNO2S. The molecule has 0 fully saturated rings. The van der Waals surface area contributed by atoms with Crippen molar-refractivity contribution in [3.8, 4) is 5.75 Å². The Kier molecular flexibility index (Phi) is 9.57. The molecule has 0 spiro atoms. The molecular weight excluding hydrogens is 378 g/mol. The SMILES string of the molecule is CC(C)Oc1ccc(CCCNC(=O)CCCSc2ccc(Cl)cc2)cc1. The molecule has 0 saturated heterocycles. The zero-order valence-electron chi connectivity index (χ0n) is 16.0. The number of halogens is 1. The van der Waals surface area contributed by atoms with Crippen LogP contribution in [0.1, 0.15) is 38.7 Å². The van der Waals surface area contributed by atoms with E-state index in [2.05, 4.69) is 17.4 Å². The maximum absolute atomic E-state index is 11.9. The fraction of sp³-hybridized carbons (Fsp3) is 0.409. The summed E-state index contributed by atoms with van der Waals surface area (Å²) < 4.78 is 5.64. The molecule has 0 bridgehead atoms. The molecule has 5 heteroatoms. The number of carbonyl (C=O) groups is 1. The van der Waals surface area contributed by atoms with Gasteiger partial charge in [-0.15, -0.1) is 11.8 Å². The summed E-state index contributed by atoms with van der Waals surface area (Å²) in [7, 11) is 0. The van der Waals surface area contributed by atoms with E-state index in [-0.39, 0.29) is 12.0 Å². The van der Waals surface area contributed by atoms with E-state index in [9.17, 15) is 4.79 Å². The molecule has 146 valence electrons. The Morgan fingerprint density at radius 3 is 2.44 bits per heavy atom. The maximum Gasteiger partial charge on any atom is 0.220 e. The molecule has 3 nitrogen and oxygen atoms in total. The van der Waals surface area contributed by atoms with Crippen molar-refractivity contribution < 1.29 is 9.53 Å². The quantitative estimate of drug-likeness (QED) is 0.382. The molecule has 0 saturated carbocycles. The molecule has 0 unspecified atom stereocenters. The van der Waals surface area contributed by atoms with Crippen LogP contribution in [0.25, 0.3) is 0 Å². The second kappa shape index (κ2) is 11.9. The number of hydrogen-bond donors (Lipinski definition) is 1. The Morgan fingerprint density at radius 1 is 1.07 bits per heavy atom. The maximum atomic E-state index is 11.9. The van der Waals surface area contributed by atoms with E-state index < -0.39 is 0 Å². The molecule has 2 rings (SSSR count). The Bertz CT molecular complexity index is 686. The smallest absolute Gasteiger partial charge is 0.220 e. The zero-order valence-corrected chi connectivity index (χ0v) is 17.6. The van der Waals surface area contributed by atoms with E-state index >= 15 is 0 Å². The Morgan fingerprint density at radius 2 is 1.78 bits per heavy atom. The second-order valence-electron chi connectivity index (χ2n) is 6.67. The van der Waals surface area contributed by atoms with Crippen LogP contribution in [0, 0.1) is 0 Å². The highest BCUT2D eigenvalue weighted by Crippen LogP contribution is 2.21. The lowest BCUT2D eigenvalue weighted by atomic mass is 10.1. The van der Waals surface area contributed by atoms with Gasteiger partial charge >= 0.3 is 0 Å². The molecule has 0 aliphatic heterocycles. The third-order valence-electron chi connectivity index (χ3n) is 3.89. The molecule has 2 aromatic carbocycles. The van der Waals surface area contributed by atoms with Crippen molar-refractivity contribution in [3.63, 3.8) is 0 Å². The van der Waals surface area contributed by atoms with Gasteiger partial charge in [0.2, 0.25) is 5.91 Å². The number of ether oxygens (including phenoxy) is 1. The standard InChI is InChI=1S/C22H28ClNO2S/c1-17(2)26-20-11-7-18(8-12-20)5-3-15-24-22(25)6-4-16-27-21-13-9-19(23)10-14-21/h7-14,17H,3-6,15-16H2,1-2H3,(H,24,25). The molecule has 0 radical (unpaired) electrons. The van der Waals surface area contributed by atoms with Crippen LogP contribution >= 0.6 is 23.4 Å². The topological polar surface area (TPSA) is 38.3 Å². The van der Waals surface area contributed by atoms with E-state index in [1.165, 1.54) is 10.5 Å². The summed E-state index contributed by atoms with van der Waals surface area (Å²) in [6.45, 7) is 4.76. The molecule has 0 aliphatic carbocycles. The largest absolute Gasteiger partial charge is 0.491 e. The van der Waals surface area contributed by atoms with Gasteiger partial charge in [-0.2, -0.15) is 0 Å². The molecule has 0 aliphatic rings. The van der Waals surface area contributed by atoms with Gasteiger partial charge in [-0.3, -0.25) is 4.79 Å². The number of aryl methyl sites for hydroxylation is 1. The fourth-order valence-corrected chi connectivity index (χ4v) is 3.55. The first-order valence-corrected chi connectivity index (χ1v) is 10.8. The van der Waals surface area contributed by atoms with Crippen molar-refractivity contribution in [2.75, 3.05) is 12.3 Å². The third-order valence-corrected chi connectivity index (χ3v) is 5.24. The first-order chi connectivity index (χ1) is 13.0. The van der Waals surface area contributed by atoms with E-state index in [1.807, 2.05) is 50.2 Å². The Labute approximate surface area is 171 Å². The number of carbonyl (C=O) groups excluding carboxylic acids is 1. The van der Waals surface area contributed by atoms with Crippen LogP contribution in [-0.2, 0) is 11.2 Å². The summed E-state index contributed by atoms with van der Waals surface area (Å²) in [4.78, 5) is 13.1. The van der Waals surface area contributed by atoms with Crippen molar-refractivity contribution in [1.82, 2.24) is 5.32 Å². The summed E-state index contributed by atoms with van der Waals surface area (Å²) in [5.74, 6) is 1.96. The van der Waals surface area contributed by atoms with Crippen LogP contribution in [-0.4, -0.2) is 24.3 Å². The van der Waals surface area contributed by atoms with Gasteiger partial charge in [-0.05, 0) is 80.8 Å². The number of thioether (sulfide) groups is 1. The summed E-state index contributed by atoms with van der Waals surface area (Å²) >= 11 is 7.62. The minimum absolute atomic E-state index is 0.132. The van der Waals surface area contributed by atoms with Gasteiger partial charge < -0.3 is 10.1 Å². The van der Waals surface area contributed by atoms with Crippen molar-refractivity contribution in [2.45, 2.75) is 50.5 Å². The lowest BCUT2D eigenvalue weighted by molar-refractivity contribution is -0.121. The first kappa shape index (κ1) is 21.6. The highest BCUT2D eigenvalue weighted by Gasteiger charge is 2.02. The van der Waals surface area contributed by atoms with Gasteiger partial charge in [0.05, 0.1) is 6.10 Å². The van der Waals surface area contributed by atoms with Gasteiger partial charge in [-0.25, -0.2) is 0 Å². The number of amides is 1. The van der Waals surface area contributed by atoms with Crippen LogP contribution in [0.3, 0.4) is 0 Å². The van der Waals surface area contributed by atoms with E-state index in [0.717, 1.165) is 35.8 Å². The Balaban J connectivity index is 1.53. The van der Waals surface area contributed by atoms with Crippen LogP contribution < -0.4 is 10.1 Å². The first-order valence-electron chi connectivity index (χ1n) is 9.43. The predicted octanol–water partition coefficient (Wildman–Crippen LogP) is 5.75. The molecule has 0 aromatic heterocycles. The molecule has 2 aromatic rings. The summed E-state index contributed by atoms with van der Waals surface area (Å²) in [5, 5.41) is 3.75. The number of nitrogens with one attached hydrogen (secondary N) is 1. The van der Waals surface area contributed by atoms with Crippen molar-refractivity contribution in [3.05, 3.63) is 59.1 Å². The van der Waals surface area contributed by atoms with Crippen molar-refractivity contribution in [1.29, 1.82) is 0 Å². The van der Waals surface area contributed by atoms with Crippen LogP contribution in [0.15, 0.2) is 53.4 Å². The van der Waals surface area contributed by atoms with Crippen LogP contribution in [0.5, 0.6) is 5.75 Å². The highest BCUT2D eigenvalue weighted by molar-refractivity contribution is 7.99. The van der Waals surface area contributed by atoms with Gasteiger partial charge in [0.25, 0.3) is 0 Å². The minimum Gasteiger partial charge on any atom is -0.491 e. The van der Waals surface area contributed by atoms with Crippen molar-refractivity contribution >= 4 is 29.3 Å². The molecule has 1 N–H and O–H groups in total. The van der Waals surface area contributed by atoms with Gasteiger partial charge in [0.15, 0.2) is 0 Å². The Hall–Kier alpha value is -1.65. The number of hydrogen-bond acceptors (Lipinski definition) is 3. The van der Waals surface area contributed by atoms with E-state index in [4.69, 9.17) is 16.3 Å². The highest BCUT2D eigenvalue weighted by atomic mass is 35.5. The number of benzene rings is 2. The fourth-order valence-electron chi connectivity index (χ4n) is 2.57.